The largest absolute Gasteiger partial charge is 0.395 e. The molecular weight excluding hydrogens is 328 g/mol. The number of rotatable bonds is 11. The highest BCUT2D eigenvalue weighted by molar-refractivity contribution is 9.10. The van der Waals surface area contributed by atoms with Crippen molar-refractivity contribution >= 4 is 15.9 Å². The highest BCUT2D eigenvalue weighted by atomic mass is 79.9. The summed E-state index contributed by atoms with van der Waals surface area (Å²) in [4.78, 5) is 2.37. The molecule has 0 fully saturated rings. The van der Waals surface area contributed by atoms with Crippen molar-refractivity contribution in [3.63, 3.8) is 0 Å². The van der Waals surface area contributed by atoms with Crippen molar-refractivity contribution in [2.75, 3.05) is 32.8 Å². The summed E-state index contributed by atoms with van der Waals surface area (Å²) >= 11 is 3.49. The first-order valence-electron chi connectivity index (χ1n) is 8.03. The first-order valence-corrected chi connectivity index (χ1v) is 8.82. The Kier molecular flexibility index (Phi) is 9.92. The quantitative estimate of drug-likeness (QED) is 0.635. The predicted molar refractivity (Wildman–Crippen MR) is 93.6 cm³/mol. The molecule has 0 bridgehead atoms. The summed E-state index contributed by atoms with van der Waals surface area (Å²) < 4.78 is 1.12. The van der Waals surface area contributed by atoms with E-state index in [1.807, 2.05) is 0 Å². The summed E-state index contributed by atoms with van der Waals surface area (Å²) in [6, 6.07) is 8.94. The van der Waals surface area contributed by atoms with Gasteiger partial charge in [0.05, 0.1) is 6.61 Å². The Labute approximate surface area is 137 Å². The highest BCUT2D eigenvalue weighted by Gasteiger charge is 2.12. The molecule has 0 amide bonds. The molecule has 1 aromatic carbocycles. The molecule has 2 N–H and O–H groups in total. The van der Waals surface area contributed by atoms with Gasteiger partial charge in [0.15, 0.2) is 0 Å². The van der Waals surface area contributed by atoms with Crippen molar-refractivity contribution in [3.8, 4) is 0 Å². The lowest BCUT2D eigenvalue weighted by Crippen LogP contribution is -2.32. The van der Waals surface area contributed by atoms with E-state index in [2.05, 4.69) is 64.3 Å². The van der Waals surface area contributed by atoms with Crippen molar-refractivity contribution in [1.29, 1.82) is 0 Å². The third kappa shape index (κ3) is 7.41. The molecule has 21 heavy (non-hydrogen) atoms. The molecule has 1 unspecified atom stereocenters. The molecule has 1 atom stereocenters. The average Bonchev–Trinajstić information content (AvgIpc) is 2.49. The minimum Gasteiger partial charge on any atom is -0.395 e. The van der Waals surface area contributed by atoms with Crippen LogP contribution in [-0.4, -0.2) is 42.8 Å². The molecule has 0 saturated carbocycles. The Hall–Kier alpha value is -0.420. The van der Waals surface area contributed by atoms with E-state index in [9.17, 15) is 5.11 Å². The van der Waals surface area contributed by atoms with E-state index in [-0.39, 0.29) is 6.61 Å². The van der Waals surface area contributed by atoms with E-state index in [0.29, 0.717) is 6.04 Å². The molecule has 0 aliphatic heterocycles. The van der Waals surface area contributed by atoms with E-state index in [1.165, 1.54) is 18.4 Å². The molecule has 0 aliphatic carbocycles. The van der Waals surface area contributed by atoms with Crippen molar-refractivity contribution in [2.24, 2.45) is 0 Å². The summed E-state index contributed by atoms with van der Waals surface area (Å²) in [5.41, 5.74) is 1.33. The number of aliphatic hydroxyl groups is 1. The second kappa shape index (κ2) is 11.2. The number of aliphatic hydroxyl groups excluding tert-OH is 1. The summed E-state index contributed by atoms with van der Waals surface area (Å²) in [5.74, 6) is 0. The standard InChI is InChI=1S/C17H29BrN2O/c1-3-5-11-20(13-14-21)12-10-17(19-4-2)15-6-8-16(18)9-7-15/h6-9,17,19,21H,3-5,10-14H2,1-2H3. The number of benzene rings is 1. The van der Waals surface area contributed by atoms with Crippen LogP contribution in [0.5, 0.6) is 0 Å². The fourth-order valence-corrected chi connectivity index (χ4v) is 2.76. The van der Waals surface area contributed by atoms with Crippen molar-refractivity contribution < 1.29 is 5.11 Å². The Bertz CT molecular complexity index is 370. The normalized spacial score (nSPS) is 12.8. The molecule has 0 aromatic heterocycles. The maximum atomic E-state index is 9.19. The fraction of sp³-hybridized carbons (Fsp3) is 0.647. The molecule has 4 heteroatoms. The van der Waals surface area contributed by atoms with Gasteiger partial charge < -0.3 is 15.3 Å². The van der Waals surface area contributed by atoms with Crippen LogP contribution in [0.3, 0.4) is 0 Å². The average molecular weight is 357 g/mol. The lowest BCUT2D eigenvalue weighted by atomic mass is 10.0. The number of hydrogen-bond donors (Lipinski definition) is 2. The van der Waals surface area contributed by atoms with Gasteiger partial charge in [0.25, 0.3) is 0 Å². The van der Waals surface area contributed by atoms with Gasteiger partial charge in [-0.3, -0.25) is 0 Å². The summed E-state index contributed by atoms with van der Waals surface area (Å²) in [5, 5.41) is 12.8. The second-order valence-corrected chi connectivity index (χ2v) is 6.28. The van der Waals surface area contributed by atoms with Gasteiger partial charge >= 0.3 is 0 Å². The highest BCUT2D eigenvalue weighted by Crippen LogP contribution is 2.20. The van der Waals surface area contributed by atoms with E-state index in [4.69, 9.17) is 0 Å². The number of unbranched alkanes of at least 4 members (excludes halogenated alkanes) is 1. The molecule has 0 radical (unpaired) electrons. The minimum atomic E-state index is 0.244. The van der Waals surface area contributed by atoms with E-state index in [1.54, 1.807) is 0 Å². The molecular formula is C17H29BrN2O. The van der Waals surface area contributed by atoms with E-state index < -0.39 is 0 Å². The van der Waals surface area contributed by atoms with Gasteiger partial charge in [-0.2, -0.15) is 0 Å². The first-order chi connectivity index (χ1) is 10.2. The van der Waals surface area contributed by atoms with Gasteiger partial charge in [-0.1, -0.05) is 48.3 Å². The molecule has 1 aromatic rings. The minimum absolute atomic E-state index is 0.244. The molecule has 1 rings (SSSR count). The van der Waals surface area contributed by atoms with Crippen molar-refractivity contribution in [1.82, 2.24) is 10.2 Å². The zero-order valence-electron chi connectivity index (χ0n) is 13.3. The van der Waals surface area contributed by atoms with Gasteiger partial charge in [0.2, 0.25) is 0 Å². The molecule has 120 valence electrons. The summed E-state index contributed by atoms with van der Waals surface area (Å²) in [7, 11) is 0. The molecule has 0 aliphatic rings. The zero-order chi connectivity index (χ0) is 15.5. The molecule has 0 spiro atoms. The lowest BCUT2D eigenvalue weighted by Gasteiger charge is -2.25. The molecule has 3 nitrogen and oxygen atoms in total. The van der Waals surface area contributed by atoms with Gasteiger partial charge in [-0.25, -0.2) is 0 Å². The monoisotopic (exact) mass is 356 g/mol. The van der Waals surface area contributed by atoms with Crippen molar-refractivity contribution in [2.45, 2.75) is 39.2 Å². The Morgan fingerprint density at radius 2 is 1.86 bits per heavy atom. The number of halogens is 1. The van der Waals surface area contributed by atoms with Crippen molar-refractivity contribution in [3.05, 3.63) is 34.3 Å². The van der Waals surface area contributed by atoms with Crippen LogP contribution >= 0.6 is 15.9 Å². The Balaban J connectivity index is 2.57. The number of hydrogen-bond acceptors (Lipinski definition) is 3. The zero-order valence-corrected chi connectivity index (χ0v) is 14.9. The Morgan fingerprint density at radius 1 is 1.14 bits per heavy atom. The van der Waals surface area contributed by atoms with Gasteiger partial charge in [0.1, 0.15) is 0 Å². The number of nitrogens with zero attached hydrogens (tertiary/aromatic N) is 1. The lowest BCUT2D eigenvalue weighted by molar-refractivity contribution is 0.187. The fourth-order valence-electron chi connectivity index (χ4n) is 2.50. The predicted octanol–water partition coefficient (Wildman–Crippen LogP) is 3.58. The third-order valence-corrected chi connectivity index (χ3v) is 4.23. The van der Waals surface area contributed by atoms with Crippen LogP contribution in [0.1, 0.15) is 44.7 Å². The van der Waals surface area contributed by atoms with Crippen LogP contribution in [-0.2, 0) is 0 Å². The summed E-state index contributed by atoms with van der Waals surface area (Å²) in [6.45, 7) is 8.45. The molecule has 0 heterocycles. The molecule has 0 saturated heterocycles. The van der Waals surface area contributed by atoms with E-state index in [0.717, 1.165) is 37.1 Å². The van der Waals surface area contributed by atoms with Crippen LogP contribution in [0.4, 0.5) is 0 Å². The third-order valence-electron chi connectivity index (χ3n) is 3.70. The van der Waals surface area contributed by atoms with Gasteiger partial charge in [0, 0.05) is 23.6 Å². The van der Waals surface area contributed by atoms with Crippen LogP contribution < -0.4 is 5.32 Å². The van der Waals surface area contributed by atoms with Crippen LogP contribution in [0.25, 0.3) is 0 Å². The maximum Gasteiger partial charge on any atom is 0.0558 e. The van der Waals surface area contributed by atoms with Crippen LogP contribution in [0.2, 0.25) is 0 Å². The van der Waals surface area contributed by atoms with Crippen LogP contribution in [0.15, 0.2) is 28.7 Å². The SMILES string of the molecule is CCCCN(CCO)CCC(NCC)c1ccc(Br)cc1. The number of nitrogens with one attached hydrogen (secondary N) is 1. The topological polar surface area (TPSA) is 35.5 Å². The van der Waals surface area contributed by atoms with Crippen LogP contribution in [0, 0.1) is 0 Å². The Morgan fingerprint density at radius 3 is 2.43 bits per heavy atom. The van der Waals surface area contributed by atoms with Gasteiger partial charge in [-0.05, 0) is 43.6 Å². The maximum absolute atomic E-state index is 9.19. The second-order valence-electron chi connectivity index (χ2n) is 5.37. The van der Waals surface area contributed by atoms with Gasteiger partial charge in [-0.15, -0.1) is 0 Å². The smallest absolute Gasteiger partial charge is 0.0558 e. The first kappa shape index (κ1) is 18.6. The summed E-state index contributed by atoms with van der Waals surface area (Å²) in [6.07, 6.45) is 3.47. The van der Waals surface area contributed by atoms with E-state index >= 15 is 0 Å².